The minimum absolute atomic E-state index is 0.552. The molecule has 0 fully saturated rings. The van der Waals surface area contributed by atoms with Gasteiger partial charge in [-0.3, -0.25) is 4.98 Å². The zero-order valence-corrected chi connectivity index (χ0v) is 10.6. The van der Waals surface area contributed by atoms with Crippen molar-refractivity contribution >= 4 is 5.95 Å². The van der Waals surface area contributed by atoms with Gasteiger partial charge in [-0.2, -0.15) is 4.98 Å². The standard InChI is InChI=1S/C13H16N4O/c1-10-9-12(17-13(14-2)16-10)18-8-6-11-5-3-4-7-15-11/h3-5,7,9H,6,8H2,1-2H3,(H,14,16,17). The highest BCUT2D eigenvalue weighted by Gasteiger charge is 2.02. The van der Waals surface area contributed by atoms with Crippen LogP contribution in [0.15, 0.2) is 30.5 Å². The van der Waals surface area contributed by atoms with Gasteiger partial charge in [0.05, 0.1) is 6.61 Å². The van der Waals surface area contributed by atoms with E-state index in [2.05, 4.69) is 20.3 Å². The Morgan fingerprint density at radius 3 is 2.89 bits per heavy atom. The predicted octanol–water partition coefficient (Wildman–Crippen LogP) is 1.84. The Morgan fingerprint density at radius 1 is 1.28 bits per heavy atom. The second-order valence-electron chi connectivity index (χ2n) is 3.84. The third kappa shape index (κ3) is 3.41. The van der Waals surface area contributed by atoms with Crippen LogP contribution in [0.2, 0.25) is 0 Å². The van der Waals surface area contributed by atoms with E-state index >= 15 is 0 Å². The van der Waals surface area contributed by atoms with Gasteiger partial charge in [0.25, 0.3) is 0 Å². The van der Waals surface area contributed by atoms with Gasteiger partial charge in [-0.15, -0.1) is 0 Å². The van der Waals surface area contributed by atoms with E-state index in [-0.39, 0.29) is 0 Å². The minimum Gasteiger partial charge on any atom is -0.477 e. The van der Waals surface area contributed by atoms with Crippen LogP contribution in [0.4, 0.5) is 5.95 Å². The van der Waals surface area contributed by atoms with Crippen LogP contribution in [0.3, 0.4) is 0 Å². The number of rotatable bonds is 5. The number of hydrogen-bond acceptors (Lipinski definition) is 5. The molecule has 0 aliphatic heterocycles. The zero-order chi connectivity index (χ0) is 12.8. The molecule has 0 atom stereocenters. The summed E-state index contributed by atoms with van der Waals surface area (Å²) in [6.45, 7) is 2.46. The molecule has 0 unspecified atom stereocenters. The Hall–Kier alpha value is -2.17. The summed E-state index contributed by atoms with van der Waals surface area (Å²) in [5.41, 5.74) is 1.89. The van der Waals surface area contributed by atoms with Gasteiger partial charge >= 0.3 is 0 Å². The number of hydrogen-bond donors (Lipinski definition) is 1. The summed E-state index contributed by atoms with van der Waals surface area (Å²) in [6.07, 6.45) is 2.54. The molecule has 2 heterocycles. The summed E-state index contributed by atoms with van der Waals surface area (Å²) >= 11 is 0. The first kappa shape index (κ1) is 12.3. The van der Waals surface area contributed by atoms with Crippen LogP contribution >= 0.6 is 0 Å². The number of pyridine rings is 1. The Labute approximate surface area is 106 Å². The molecular weight excluding hydrogens is 228 g/mol. The predicted molar refractivity (Wildman–Crippen MR) is 69.8 cm³/mol. The summed E-state index contributed by atoms with van der Waals surface area (Å²) in [4.78, 5) is 12.7. The molecule has 5 heteroatoms. The van der Waals surface area contributed by atoms with Crippen molar-refractivity contribution in [2.45, 2.75) is 13.3 Å². The number of aryl methyl sites for hydroxylation is 1. The lowest BCUT2D eigenvalue weighted by molar-refractivity contribution is 0.308. The summed E-state index contributed by atoms with van der Waals surface area (Å²) < 4.78 is 5.60. The maximum Gasteiger partial charge on any atom is 0.225 e. The zero-order valence-electron chi connectivity index (χ0n) is 10.6. The largest absolute Gasteiger partial charge is 0.477 e. The summed E-state index contributed by atoms with van der Waals surface area (Å²) in [5, 5.41) is 2.90. The molecule has 0 aliphatic carbocycles. The fraction of sp³-hybridized carbons (Fsp3) is 0.308. The van der Waals surface area contributed by atoms with Crippen molar-refractivity contribution in [3.8, 4) is 5.88 Å². The maximum absolute atomic E-state index is 5.60. The van der Waals surface area contributed by atoms with Crippen LogP contribution in [0.5, 0.6) is 5.88 Å². The van der Waals surface area contributed by atoms with E-state index in [0.717, 1.165) is 17.8 Å². The van der Waals surface area contributed by atoms with Crippen LogP contribution in [0.25, 0.3) is 0 Å². The second kappa shape index (κ2) is 5.95. The molecule has 0 amide bonds. The van der Waals surface area contributed by atoms with Gasteiger partial charge in [-0.05, 0) is 19.1 Å². The maximum atomic E-state index is 5.60. The minimum atomic E-state index is 0.552. The van der Waals surface area contributed by atoms with E-state index in [1.165, 1.54) is 0 Å². The first-order valence-electron chi connectivity index (χ1n) is 5.84. The molecule has 2 aromatic heterocycles. The van der Waals surface area contributed by atoms with E-state index in [1.54, 1.807) is 13.2 Å². The highest BCUT2D eigenvalue weighted by Crippen LogP contribution is 2.11. The molecule has 0 aliphatic rings. The Morgan fingerprint density at radius 2 is 2.17 bits per heavy atom. The van der Waals surface area contributed by atoms with E-state index in [1.807, 2.05) is 31.2 Å². The average molecular weight is 244 g/mol. The van der Waals surface area contributed by atoms with Gasteiger partial charge in [0.1, 0.15) is 0 Å². The topological polar surface area (TPSA) is 59.9 Å². The number of nitrogens with one attached hydrogen (secondary N) is 1. The molecule has 2 rings (SSSR count). The van der Waals surface area contributed by atoms with E-state index in [4.69, 9.17) is 4.74 Å². The summed E-state index contributed by atoms with van der Waals surface area (Å²) in [7, 11) is 1.78. The molecule has 5 nitrogen and oxygen atoms in total. The summed E-state index contributed by atoms with van der Waals surface area (Å²) in [5.74, 6) is 1.16. The lowest BCUT2D eigenvalue weighted by atomic mass is 10.3. The molecule has 0 radical (unpaired) electrons. The van der Waals surface area contributed by atoms with E-state index < -0.39 is 0 Å². The molecule has 0 bridgehead atoms. The molecule has 2 aromatic rings. The van der Waals surface area contributed by atoms with Crippen molar-refractivity contribution in [2.75, 3.05) is 19.0 Å². The van der Waals surface area contributed by atoms with Crippen molar-refractivity contribution in [3.63, 3.8) is 0 Å². The van der Waals surface area contributed by atoms with Gasteiger partial charge in [-0.1, -0.05) is 6.07 Å². The Balaban J connectivity index is 1.92. The van der Waals surface area contributed by atoms with E-state index in [0.29, 0.717) is 18.4 Å². The molecular formula is C13H16N4O. The first-order chi connectivity index (χ1) is 8.78. The van der Waals surface area contributed by atoms with Gasteiger partial charge in [0.15, 0.2) is 0 Å². The van der Waals surface area contributed by atoms with Gasteiger partial charge in [-0.25, -0.2) is 4.98 Å². The smallest absolute Gasteiger partial charge is 0.225 e. The van der Waals surface area contributed by atoms with Crippen LogP contribution in [0.1, 0.15) is 11.4 Å². The van der Waals surface area contributed by atoms with Crippen LogP contribution in [-0.4, -0.2) is 28.6 Å². The molecule has 18 heavy (non-hydrogen) atoms. The molecule has 1 N–H and O–H groups in total. The van der Waals surface area contributed by atoms with Crippen molar-refractivity contribution in [1.29, 1.82) is 0 Å². The third-order valence-corrected chi connectivity index (χ3v) is 2.39. The fourth-order valence-corrected chi connectivity index (χ4v) is 1.53. The fourth-order valence-electron chi connectivity index (χ4n) is 1.53. The summed E-state index contributed by atoms with van der Waals surface area (Å²) in [6, 6.07) is 7.67. The highest BCUT2D eigenvalue weighted by molar-refractivity contribution is 5.29. The van der Waals surface area contributed by atoms with E-state index in [9.17, 15) is 0 Å². The lowest BCUT2D eigenvalue weighted by Gasteiger charge is -2.07. The van der Waals surface area contributed by atoms with Gasteiger partial charge in [0, 0.05) is 37.1 Å². The lowest BCUT2D eigenvalue weighted by Crippen LogP contribution is -2.06. The molecule has 0 saturated carbocycles. The normalized spacial score (nSPS) is 10.1. The quantitative estimate of drug-likeness (QED) is 0.869. The molecule has 94 valence electrons. The number of nitrogens with zero attached hydrogens (tertiary/aromatic N) is 3. The van der Waals surface area contributed by atoms with Crippen LogP contribution in [0, 0.1) is 6.92 Å². The van der Waals surface area contributed by atoms with Gasteiger partial charge < -0.3 is 10.1 Å². The van der Waals surface area contributed by atoms with Crippen LogP contribution < -0.4 is 10.1 Å². The monoisotopic (exact) mass is 244 g/mol. The van der Waals surface area contributed by atoms with Crippen LogP contribution in [-0.2, 0) is 6.42 Å². The SMILES string of the molecule is CNc1nc(C)cc(OCCc2ccccn2)n1. The van der Waals surface area contributed by atoms with Crippen molar-refractivity contribution in [1.82, 2.24) is 15.0 Å². The number of ether oxygens (including phenoxy) is 1. The average Bonchev–Trinajstić information content (AvgIpc) is 2.39. The van der Waals surface area contributed by atoms with Crippen molar-refractivity contribution in [2.24, 2.45) is 0 Å². The molecule has 0 spiro atoms. The highest BCUT2D eigenvalue weighted by atomic mass is 16.5. The molecule has 0 aromatic carbocycles. The second-order valence-corrected chi connectivity index (χ2v) is 3.84. The Kier molecular flexibility index (Phi) is 4.06. The number of anilines is 1. The molecule has 0 saturated heterocycles. The van der Waals surface area contributed by atoms with Crippen molar-refractivity contribution in [3.05, 3.63) is 41.9 Å². The van der Waals surface area contributed by atoms with Crippen molar-refractivity contribution < 1.29 is 4.74 Å². The number of aromatic nitrogens is 3. The third-order valence-electron chi connectivity index (χ3n) is 2.39. The Bertz CT molecular complexity index is 502. The van der Waals surface area contributed by atoms with Gasteiger partial charge in [0.2, 0.25) is 11.8 Å². The first-order valence-corrected chi connectivity index (χ1v) is 5.84.